The van der Waals surface area contributed by atoms with Crippen LogP contribution in [0.2, 0.25) is 0 Å². The standard InChI is InChI=1S/C9H19NO3/c1-4-12-9(11)7-10-5-6-13-8(2)3/h8,10H,4-7H2,1-3H3. The molecule has 0 rings (SSSR count). The van der Waals surface area contributed by atoms with Crippen LogP contribution in [0.25, 0.3) is 0 Å². The summed E-state index contributed by atoms with van der Waals surface area (Å²) >= 11 is 0. The minimum absolute atomic E-state index is 0.216. The second-order valence-electron chi connectivity index (χ2n) is 2.90. The largest absolute Gasteiger partial charge is 0.465 e. The highest BCUT2D eigenvalue weighted by molar-refractivity contribution is 5.71. The van der Waals surface area contributed by atoms with Crippen LogP contribution in [0.1, 0.15) is 20.8 Å². The molecule has 0 heterocycles. The molecule has 0 unspecified atom stereocenters. The van der Waals surface area contributed by atoms with Gasteiger partial charge in [-0.1, -0.05) is 0 Å². The zero-order valence-electron chi connectivity index (χ0n) is 8.63. The topological polar surface area (TPSA) is 47.6 Å². The summed E-state index contributed by atoms with van der Waals surface area (Å²) in [5, 5.41) is 2.93. The first-order valence-corrected chi connectivity index (χ1v) is 4.64. The molecule has 4 heteroatoms. The molecule has 0 fully saturated rings. The van der Waals surface area contributed by atoms with Crippen LogP contribution < -0.4 is 5.32 Å². The molecule has 0 aromatic rings. The van der Waals surface area contributed by atoms with Gasteiger partial charge in [-0.3, -0.25) is 4.79 Å². The quantitative estimate of drug-likeness (QED) is 0.469. The molecule has 1 N–H and O–H groups in total. The van der Waals surface area contributed by atoms with Crippen molar-refractivity contribution in [1.29, 1.82) is 0 Å². The number of carbonyl (C=O) groups is 1. The van der Waals surface area contributed by atoms with Crippen LogP contribution >= 0.6 is 0 Å². The van der Waals surface area contributed by atoms with Crippen molar-refractivity contribution in [3.63, 3.8) is 0 Å². The van der Waals surface area contributed by atoms with Crippen LogP contribution in [0.5, 0.6) is 0 Å². The molecule has 13 heavy (non-hydrogen) atoms. The Hall–Kier alpha value is -0.610. The fourth-order valence-electron chi connectivity index (χ4n) is 0.769. The normalized spacial score (nSPS) is 10.5. The van der Waals surface area contributed by atoms with E-state index in [9.17, 15) is 4.79 Å². The number of nitrogens with one attached hydrogen (secondary N) is 1. The molecule has 78 valence electrons. The summed E-state index contributed by atoms with van der Waals surface area (Å²) in [5.74, 6) is -0.216. The average Bonchev–Trinajstić information content (AvgIpc) is 2.03. The van der Waals surface area contributed by atoms with Crippen molar-refractivity contribution in [1.82, 2.24) is 5.32 Å². The van der Waals surface area contributed by atoms with Crippen LogP contribution in [-0.2, 0) is 14.3 Å². The summed E-state index contributed by atoms with van der Waals surface area (Å²) in [7, 11) is 0. The number of carbonyl (C=O) groups excluding carboxylic acids is 1. The van der Waals surface area contributed by atoms with Gasteiger partial charge in [0, 0.05) is 6.54 Å². The van der Waals surface area contributed by atoms with Gasteiger partial charge in [-0.15, -0.1) is 0 Å². The van der Waals surface area contributed by atoms with E-state index in [0.717, 1.165) is 0 Å². The summed E-state index contributed by atoms with van der Waals surface area (Å²) in [4.78, 5) is 10.8. The van der Waals surface area contributed by atoms with Crippen molar-refractivity contribution in [3.8, 4) is 0 Å². The highest BCUT2D eigenvalue weighted by Crippen LogP contribution is 1.84. The van der Waals surface area contributed by atoms with E-state index in [2.05, 4.69) is 5.32 Å². The van der Waals surface area contributed by atoms with E-state index in [1.54, 1.807) is 6.92 Å². The van der Waals surface area contributed by atoms with Gasteiger partial charge in [0.15, 0.2) is 0 Å². The molecular formula is C9H19NO3. The summed E-state index contributed by atoms with van der Waals surface area (Å²) in [5.41, 5.74) is 0. The minimum Gasteiger partial charge on any atom is -0.465 e. The molecule has 0 radical (unpaired) electrons. The monoisotopic (exact) mass is 189 g/mol. The SMILES string of the molecule is CCOC(=O)CNCCOC(C)C. The summed E-state index contributed by atoms with van der Waals surface area (Å²) in [6, 6.07) is 0. The molecule has 0 aromatic heterocycles. The van der Waals surface area contributed by atoms with E-state index < -0.39 is 0 Å². The van der Waals surface area contributed by atoms with Crippen LogP contribution in [-0.4, -0.2) is 38.4 Å². The minimum atomic E-state index is -0.216. The third kappa shape index (κ3) is 9.30. The van der Waals surface area contributed by atoms with Crippen LogP contribution in [0.3, 0.4) is 0 Å². The molecule has 0 aliphatic heterocycles. The maximum absolute atomic E-state index is 10.8. The zero-order valence-corrected chi connectivity index (χ0v) is 8.63. The predicted molar refractivity (Wildman–Crippen MR) is 50.6 cm³/mol. The van der Waals surface area contributed by atoms with Gasteiger partial charge >= 0.3 is 5.97 Å². The van der Waals surface area contributed by atoms with Gasteiger partial charge in [-0.2, -0.15) is 0 Å². The van der Waals surface area contributed by atoms with Crippen LogP contribution in [0.4, 0.5) is 0 Å². The van der Waals surface area contributed by atoms with Crippen molar-refractivity contribution >= 4 is 5.97 Å². The number of hydrogen-bond donors (Lipinski definition) is 1. The molecule has 0 aromatic carbocycles. The smallest absolute Gasteiger partial charge is 0.319 e. The van der Waals surface area contributed by atoms with E-state index in [0.29, 0.717) is 19.8 Å². The Bertz CT molecular complexity index is 137. The lowest BCUT2D eigenvalue weighted by Crippen LogP contribution is -2.28. The van der Waals surface area contributed by atoms with Crippen molar-refractivity contribution < 1.29 is 14.3 Å². The Morgan fingerprint density at radius 2 is 2.15 bits per heavy atom. The van der Waals surface area contributed by atoms with Crippen molar-refractivity contribution in [3.05, 3.63) is 0 Å². The Morgan fingerprint density at radius 3 is 2.69 bits per heavy atom. The molecule has 0 aliphatic carbocycles. The number of rotatable bonds is 7. The molecule has 0 aliphatic rings. The molecule has 0 atom stereocenters. The highest BCUT2D eigenvalue weighted by atomic mass is 16.5. The molecule has 0 spiro atoms. The maximum Gasteiger partial charge on any atom is 0.319 e. The van der Waals surface area contributed by atoms with Crippen molar-refractivity contribution in [2.45, 2.75) is 26.9 Å². The maximum atomic E-state index is 10.8. The predicted octanol–water partition coefficient (Wildman–Crippen LogP) is 0.564. The van der Waals surface area contributed by atoms with Gasteiger partial charge in [0.2, 0.25) is 0 Å². The fraction of sp³-hybridized carbons (Fsp3) is 0.889. The summed E-state index contributed by atoms with van der Waals surface area (Å²) < 4.78 is 10.00. The third-order valence-corrected chi connectivity index (χ3v) is 1.30. The third-order valence-electron chi connectivity index (χ3n) is 1.30. The Kier molecular flexibility index (Phi) is 7.63. The van der Waals surface area contributed by atoms with Crippen LogP contribution in [0, 0.1) is 0 Å². The first kappa shape index (κ1) is 12.4. The Labute approximate surface area is 79.6 Å². The fourth-order valence-corrected chi connectivity index (χ4v) is 0.769. The molecule has 0 saturated heterocycles. The van der Waals surface area contributed by atoms with Crippen LogP contribution in [0.15, 0.2) is 0 Å². The average molecular weight is 189 g/mol. The first-order valence-electron chi connectivity index (χ1n) is 4.64. The molecular weight excluding hydrogens is 170 g/mol. The van der Waals surface area contributed by atoms with E-state index in [-0.39, 0.29) is 18.6 Å². The van der Waals surface area contributed by atoms with Gasteiger partial charge in [0.05, 0.1) is 25.9 Å². The van der Waals surface area contributed by atoms with Gasteiger partial charge < -0.3 is 14.8 Å². The lowest BCUT2D eigenvalue weighted by molar-refractivity contribution is -0.142. The van der Waals surface area contributed by atoms with Crippen molar-refractivity contribution in [2.24, 2.45) is 0 Å². The van der Waals surface area contributed by atoms with E-state index in [4.69, 9.17) is 9.47 Å². The van der Waals surface area contributed by atoms with Crippen molar-refractivity contribution in [2.75, 3.05) is 26.3 Å². The number of ether oxygens (including phenoxy) is 2. The molecule has 0 saturated carbocycles. The lowest BCUT2D eigenvalue weighted by atomic mass is 10.5. The highest BCUT2D eigenvalue weighted by Gasteiger charge is 1.99. The second-order valence-corrected chi connectivity index (χ2v) is 2.90. The van der Waals surface area contributed by atoms with Gasteiger partial charge in [-0.25, -0.2) is 0 Å². The van der Waals surface area contributed by atoms with Gasteiger partial charge in [0.1, 0.15) is 0 Å². The summed E-state index contributed by atoms with van der Waals surface area (Å²) in [6.45, 7) is 7.74. The molecule has 0 bridgehead atoms. The van der Waals surface area contributed by atoms with E-state index >= 15 is 0 Å². The Balaban J connectivity index is 3.11. The zero-order chi connectivity index (χ0) is 10.1. The van der Waals surface area contributed by atoms with Gasteiger partial charge in [-0.05, 0) is 20.8 Å². The number of hydrogen-bond acceptors (Lipinski definition) is 4. The van der Waals surface area contributed by atoms with E-state index in [1.165, 1.54) is 0 Å². The second kappa shape index (κ2) is 8.01. The molecule has 4 nitrogen and oxygen atoms in total. The first-order chi connectivity index (χ1) is 6.16. The summed E-state index contributed by atoms with van der Waals surface area (Å²) in [6.07, 6.45) is 0.240. The number of esters is 1. The Morgan fingerprint density at radius 1 is 1.46 bits per heavy atom. The lowest BCUT2D eigenvalue weighted by Gasteiger charge is -2.07. The van der Waals surface area contributed by atoms with Gasteiger partial charge in [0.25, 0.3) is 0 Å². The molecule has 0 amide bonds. The van der Waals surface area contributed by atoms with E-state index in [1.807, 2.05) is 13.8 Å².